The number of rotatable bonds is 11. The zero-order valence-electron chi connectivity index (χ0n) is 20.7. The van der Waals surface area contributed by atoms with E-state index in [4.69, 9.17) is 10.2 Å². The van der Waals surface area contributed by atoms with E-state index in [-0.39, 0.29) is 17.7 Å². The first-order valence-corrected chi connectivity index (χ1v) is 13.6. The Balaban J connectivity index is 1.98. The average Bonchev–Trinajstić information content (AvgIpc) is 3.30. The van der Waals surface area contributed by atoms with Gasteiger partial charge in [-0.1, -0.05) is 43.7 Å². The van der Waals surface area contributed by atoms with E-state index in [1.165, 1.54) is 10.6 Å². The van der Waals surface area contributed by atoms with Crippen molar-refractivity contribution in [3.8, 4) is 11.5 Å². The van der Waals surface area contributed by atoms with Crippen molar-refractivity contribution >= 4 is 22.4 Å². The third kappa shape index (κ3) is 6.82. The Hall–Kier alpha value is -2.92. The molecular formula is C25H35N5O4S. The van der Waals surface area contributed by atoms with Gasteiger partial charge in [0, 0.05) is 30.5 Å². The molecule has 0 radical (unpaired) electrons. The minimum atomic E-state index is -3.07. The Labute approximate surface area is 208 Å². The van der Waals surface area contributed by atoms with Crippen LogP contribution in [0.3, 0.4) is 0 Å². The summed E-state index contributed by atoms with van der Waals surface area (Å²) in [6, 6.07) is 14.8. The van der Waals surface area contributed by atoms with Crippen molar-refractivity contribution in [2.75, 3.05) is 23.7 Å². The van der Waals surface area contributed by atoms with Crippen LogP contribution < -0.4 is 15.4 Å². The predicted molar refractivity (Wildman–Crippen MR) is 140 cm³/mol. The van der Waals surface area contributed by atoms with E-state index >= 15 is 0 Å². The molecule has 35 heavy (non-hydrogen) atoms. The van der Waals surface area contributed by atoms with Crippen molar-refractivity contribution in [1.29, 1.82) is 0 Å². The van der Waals surface area contributed by atoms with Crippen LogP contribution in [0.1, 0.15) is 55.4 Å². The van der Waals surface area contributed by atoms with Gasteiger partial charge in [0.2, 0.25) is 11.8 Å². The van der Waals surface area contributed by atoms with Gasteiger partial charge in [-0.25, -0.2) is 0 Å². The lowest BCUT2D eigenvalue weighted by molar-refractivity contribution is 0.0953. The highest BCUT2D eigenvalue weighted by Gasteiger charge is 2.29. The molecule has 190 valence electrons. The van der Waals surface area contributed by atoms with E-state index in [2.05, 4.69) is 15.5 Å². The summed E-state index contributed by atoms with van der Waals surface area (Å²) < 4.78 is 28.1. The number of carbonyl (C=O) groups excluding carboxylic acids is 1. The zero-order valence-corrected chi connectivity index (χ0v) is 21.5. The third-order valence-electron chi connectivity index (χ3n) is 5.56. The summed E-state index contributed by atoms with van der Waals surface area (Å²) in [7, 11) is -3.07. The minimum Gasteiger partial charge on any atom is -0.419 e. The third-order valence-corrected chi connectivity index (χ3v) is 6.87. The molecule has 0 saturated carbocycles. The first-order chi connectivity index (χ1) is 16.5. The number of nitrogens with two attached hydrogens (primary N) is 1. The number of aromatic nitrogens is 2. The van der Waals surface area contributed by atoms with E-state index in [1.807, 2.05) is 44.2 Å². The molecule has 0 saturated heterocycles. The summed E-state index contributed by atoms with van der Waals surface area (Å²) in [5, 5.41) is 11.3. The number of carbonyl (C=O) groups is 1. The van der Waals surface area contributed by atoms with Gasteiger partial charge in [0.25, 0.3) is 5.91 Å². The lowest BCUT2D eigenvalue weighted by Gasteiger charge is -2.40. The van der Waals surface area contributed by atoms with Gasteiger partial charge >= 0.3 is 0 Å². The van der Waals surface area contributed by atoms with E-state index in [9.17, 15) is 13.9 Å². The van der Waals surface area contributed by atoms with Gasteiger partial charge < -0.3 is 15.5 Å². The van der Waals surface area contributed by atoms with Crippen LogP contribution in [0, 0.1) is 0 Å². The molecule has 1 aromatic heterocycles. The first kappa shape index (κ1) is 26.7. The molecule has 10 heteroatoms. The normalized spacial score (nSPS) is 13.8. The van der Waals surface area contributed by atoms with Crippen LogP contribution in [0.25, 0.3) is 11.5 Å². The van der Waals surface area contributed by atoms with Crippen molar-refractivity contribution in [3.63, 3.8) is 0 Å². The van der Waals surface area contributed by atoms with Gasteiger partial charge in [0.1, 0.15) is 0 Å². The predicted octanol–water partition coefficient (Wildman–Crippen LogP) is 4.80. The molecular weight excluding hydrogens is 466 g/mol. The molecule has 0 spiro atoms. The lowest BCUT2D eigenvalue weighted by Crippen LogP contribution is -2.35. The molecule has 0 unspecified atom stereocenters. The highest BCUT2D eigenvalue weighted by molar-refractivity contribution is 8.24. The van der Waals surface area contributed by atoms with Gasteiger partial charge in [-0.3, -0.25) is 18.2 Å². The Bertz CT molecular complexity index is 1130. The van der Waals surface area contributed by atoms with Gasteiger partial charge in [-0.15, -0.1) is 21.0 Å². The Kier molecular flexibility index (Phi) is 8.55. The number of hydrogen-bond acceptors (Lipinski definition) is 8. The molecule has 1 amide bonds. The first-order valence-electron chi connectivity index (χ1n) is 11.7. The second-order valence-corrected chi connectivity index (χ2v) is 10.9. The van der Waals surface area contributed by atoms with Crippen LogP contribution in [-0.4, -0.2) is 44.6 Å². The second kappa shape index (κ2) is 11.2. The molecule has 0 fully saturated rings. The molecule has 0 aliphatic rings. The van der Waals surface area contributed by atoms with E-state index in [0.717, 1.165) is 18.4 Å². The summed E-state index contributed by atoms with van der Waals surface area (Å²) in [6.07, 6.45) is 3.66. The van der Waals surface area contributed by atoms with E-state index in [1.54, 1.807) is 25.1 Å². The van der Waals surface area contributed by atoms with Crippen molar-refractivity contribution < 1.29 is 18.3 Å². The topological polar surface area (TPSA) is 138 Å². The fourth-order valence-corrected chi connectivity index (χ4v) is 4.78. The molecule has 0 aliphatic heterocycles. The van der Waals surface area contributed by atoms with Crippen molar-refractivity contribution in [3.05, 3.63) is 65.5 Å². The molecule has 0 bridgehead atoms. The molecule has 5 N–H and O–H groups in total. The summed E-state index contributed by atoms with van der Waals surface area (Å²) in [4.78, 5) is 12.8. The maximum atomic E-state index is 12.8. The second-order valence-electron chi connectivity index (χ2n) is 8.86. The van der Waals surface area contributed by atoms with Crippen LogP contribution in [0.5, 0.6) is 0 Å². The fourth-order valence-electron chi connectivity index (χ4n) is 3.78. The Morgan fingerprint density at radius 1 is 1.17 bits per heavy atom. The number of nitrogens with zero attached hydrogens (tertiary/aromatic N) is 3. The summed E-state index contributed by atoms with van der Waals surface area (Å²) in [5.41, 5.74) is 7.98. The summed E-state index contributed by atoms with van der Waals surface area (Å²) in [6.45, 7) is 6.55. The van der Waals surface area contributed by atoms with Crippen molar-refractivity contribution in [2.24, 2.45) is 5.73 Å². The highest BCUT2D eigenvalue weighted by Crippen LogP contribution is 2.43. The molecule has 1 heterocycles. The van der Waals surface area contributed by atoms with Crippen LogP contribution in [-0.2, 0) is 12.0 Å². The molecule has 2 aromatic carbocycles. The number of nitrogens with one attached hydrogen (secondary N) is 1. The molecule has 1 atom stereocenters. The number of unbranched alkanes of at least 4 members (excludes halogenated alkanes) is 1. The molecule has 3 aromatic rings. The summed E-state index contributed by atoms with van der Waals surface area (Å²) >= 11 is 0. The minimum absolute atomic E-state index is 0.192. The maximum Gasteiger partial charge on any atom is 0.251 e. The van der Waals surface area contributed by atoms with E-state index < -0.39 is 16.3 Å². The average molecular weight is 502 g/mol. The number of anilines is 1. The van der Waals surface area contributed by atoms with Crippen LogP contribution in [0.4, 0.5) is 5.69 Å². The van der Waals surface area contributed by atoms with Gasteiger partial charge in [0.05, 0.1) is 11.2 Å². The Morgan fingerprint density at radius 3 is 2.51 bits per heavy atom. The van der Waals surface area contributed by atoms with Crippen LogP contribution in [0.2, 0.25) is 0 Å². The number of amides is 1. The largest absolute Gasteiger partial charge is 0.419 e. The molecule has 9 nitrogen and oxygen atoms in total. The van der Waals surface area contributed by atoms with Crippen LogP contribution >= 0.6 is 10.8 Å². The van der Waals surface area contributed by atoms with Gasteiger partial charge in [-0.05, 0) is 50.5 Å². The van der Waals surface area contributed by atoms with E-state index in [0.29, 0.717) is 36.3 Å². The Morgan fingerprint density at radius 2 is 1.89 bits per heavy atom. The SMILES string of the molecule is CCCCNC(=O)c1cc(-c2nnc([C@](C)(N)Cc3ccccc3)o2)cc(N(CC)S(C)(O)O)c1. The summed E-state index contributed by atoms with van der Waals surface area (Å²) in [5.74, 6) is 0.193. The molecule has 0 aliphatic carbocycles. The highest BCUT2D eigenvalue weighted by atomic mass is 32.3. The smallest absolute Gasteiger partial charge is 0.251 e. The van der Waals surface area contributed by atoms with Crippen molar-refractivity contribution in [1.82, 2.24) is 15.5 Å². The lowest BCUT2D eigenvalue weighted by atomic mass is 9.94. The zero-order chi connectivity index (χ0) is 25.6. The maximum absolute atomic E-state index is 12.8. The monoisotopic (exact) mass is 501 g/mol. The number of hydrogen-bond donors (Lipinski definition) is 4. The fraction of sp³-hybridized carbons (Fsp3) is 0.400. The van der Waals surface area contributed by atoms with Gasteiger partial charge in [0.15, 0.2) is 0 Å². The number of benzene rings is 2. The van der Waals surface area contributed by atoms with Crippen molar-refractivity contribution in [2.45, 2.75) is 45.6 Å². The molecule has 3 rings (SSSR count). The van der Waals surface area contributed by atoms with Gasteiger partial charge in [-0.2, -0.15) is 0 Å². The standard InChI is InChI=1S/C25H35N5O4S/c1-5-7-13-27-22(31)19-14-20(16-21(15-19)30(6-2)35(4,32)33)23-28-29-24(34-23)25(3,26)17-18-11-9-8-10-12-18/h8-12,14-16,32-33H,5-7,13,17,26H2,1-4H3,(H,27,31)/t25-/m1/s1. The van der Waals surface area contributed by atoms with Crippen LogP contribution in [0.15, 0.2) is 52.9 Å². The quantitative estimate of drug-likeness (QED) is 0.275.